The Morgan fingerprint density at radius 1 is 0.814 bits per heavy atom. The Kier molecular flexibility index (Phi) is 11.3. The van der Waals surface area contributed by atoms with Crippen LogP contribution >= 0.6 is 0 Å². The van der Waals surface area contributed by atoms with Crippen molar-refractivity contribution in [3.8, 4) is 28.9 Å². The monoisotopic (exact) mass is 846 g/mol. The summed E-state index contributed by atoms with van der Waals surface area (Å²) in [5.41, 5.74) is 3.09. The molecule has 0 bridgehead atoms. The molecule has 7 rings (SSSR count). The maximum Gasteiger partial charge on any atom is 0.340 e. The lowest BCUT2D eigenvalue weighted by Gasteiger charge is -2.35. The average Bonchev–Trinajstić information content (AvgIpc) is 3.94. The minimum atomic E-state index is -4.13. The molecule has 59 heavy (non-hydrogen) atoms. The third kappa shape index (κ3) is 8.89. The van der Waals surface area contributed by atoms with Gasteiger partial charge in [-0.2, -0.15) is 18.6 Å². The van der Waals surface area contributed by atoms with E-state index in [0.717, 1.165) is 5.56 Å². The number of hydrogen-bond acceptors (Lipinski definition) is 15. The second-order valence-electron chi connectivity index (χ2n) is 17.8. The highest BCUT2D eigenvalue weighted by Gasteiger charge is 2.37. The van der Waals surface area contributed by atoms with Crippen molar-refractivity contribution in [2.24, 2.45) is 0 Å². The number of fused-ring (bicyclic) bond motifs is 2. The standard InChI is InChI=1S/C26H35N5O5SSi.C13H15N5O3/c1-17-10-12-19(13-11-17)37(32,33)36-24-22(25(2,3)4)21-15-27-28-23(31(21)29-24)20-14-18(35-30-20)16-34-38(8,9)26(5,6)7;1-13(2,3)10-9-5-14-15-11(18(9)16-12(10)20)8-4-7(6-19)21-17-8/h10-15H,16H2,1-9H3;4-5,19H,6H2,1-3H3,(H,16,20). The first-order chi connectivity index (χ1) is 27.4. The molecule has 0 atom stereocenters. The van der Waals surface area contributed by atoms with Crippen molar-refractivity contribution >= 4 is 29.5 Å². The molecular formula is C39H50N10O8SSi. The largest absolute Gasteiger partial charge is 0.409 e. The molecule has 0 unspecified atom stereocenters. The molecule has 6 aromatic heterocycles. The minimum Gasteiger partial charge on any atom is -0.409 e. The highest BCUT2D eigenvalue weighted by atomic mass is 32.2. The van der Waals surface area contributed by atoms with Crippen LogP contribution in [0.1, 0.15) is 90.5 Å². The summed E-state index contributed by atoms with van der Waals surface area (Å²) in [6.07, 6.45) is 3.07. The number of hydrogen-bond donors (Lipinski definition) is 2. The molecule has 7 aromatic rings. The van der Waals surface area contributed by atoms with Gasteiger partial charge in [-0.1, -0.05) is 90.3 Å². The molecule has 0 aliphatic carbocycles. The Morgan fingerprint density at radius 2 is 1.37 bits per heavy atom. The lowest BCUT2D eigenvalue weighted by molar-refractivity contribution is 0.229. The number of aliphatic hydroxyl groups excluding tert-OH is 1. The Bertz CT molecular complexity index is 2780. The summed E-state index contributed by atoms with van der Waals surface area (Å²) < 4.78 is 51.6. The molecule has 20 heteroatoms. The number of aliphatic hydroxyl groups is 1. The topological polar surface area (TPSA) is 231 Å². The van der Waals surface area contributed by atoms with Gasteiger partial charge in [-0.15, -0.1) is 15.3 Å². The summed E-state index contributed by atoms with van der Waals surface area (Å²) in [7, 11) is -6.12. The van der Waals surface area contributed by atoms with E-state index in [1.165, 1.54) is 33.6 Å². The van der Waals surface area contributed by atoms with E-state index in [0.29, 0.717) is 50.9 Å². The summed E-state index contributed by atoms with van der Waals surface area (Å²) in [5.74, 6) is 1.46. The van der Waals surface area contributed by atoms with Gasteiger partial charge < -0.3 is 22.8 Å². The van der Waals surface area contributed by atoms with Crippen molar-refractivity contribution in [2.75, 3.05) is 0 Å². The van der Waals surface area contributed by atoms with E-state index in [4.69, 9.17) is 22.8 Å². The fraction of sp³-hybridized carbons (Fsp3) is 0.436. The lowest BCUT2D eigenvalue weighted by atomic mass is 9.88. The van der Waals surface area contributed by atoms with E-state index >= 15 is 0 Å². The Balaban J connectivity index is 0.000000234. The quantitative estimate of drug-likeness (QED) is 0.116. The van der Waals surface area contributed by atoms with Crippen LogP contribution in [-0.4, -0.2) is 71.8 Å². The zero-order chi connectivity index (χ0) is 43.3. The number of aromatic nitrogens is 10. The van der Waals surface area contributed by atoms with Crippen molar-refractivity contribution in [3.05, 3.63) is 87.4 Å². The van der Waals surface area contributed by atoms with E-state index in [-0.39, 0.29) is 45.8 Å². The average molecular weight is 847 g/mol. The van der Waals surface area contributed by atoms with Gasteiger partial charge in [0.1, 0.15) is 11.5 Å². The third-order valence-electron chi connectivity index (χ3n) is 10.0. The zero-order valence-corrected chi connectivity index (χ0v) is 37.1. The van der Waals surface area contributed by atoms with Crippen LogP contribution in [0.2, 0.25) is 18.1 Å². The predicted molar refractivity (Wildman–Crippen MR) is 220 cm³/mol. The molecule has 1 aromatic carbocycles. The van der Waals surface area contributed by atoms with Gasteiger partial charge in [-0.25, -0.2) is 9.03 Å². The van der Waals surface area contributed by atoms with Gasteiger partial charge in [-0.3, -0.25) is 9.89 Å². The lowest BCUT2D eigenvalue weighted by Crippen LogP contribution is -2.40. The summed E-state index contributed by atoms with van der Waals surface area (Å²) in [6.45, 7) is 24.5. The SMILES string of the molecule is CC(C)(C)c1c(=O)[nH]n2c(-c3cc(CO)on3)nncc12.Cc1ccc(S(=O)(=O)Oc2nn3c(-c4cc(CO[Si](C)(C)C(C)(C)C)on4)nncc3c2C(C)(C)C)cc1. The summed E-state index contributed by atoms with van der Waals surface area (Å²) in [5, 5.41) is 40.7. The third-order valence-corrected chi connectivity index (χ3v) is 15.7. The Hall–Kier alpha value is -5.57. The van der Waals surface area contributed by atoms with Crippen molar-refractivity contribution in [1.29, 1.82) is 0 Å². The van der Waals surface area contributed by atoms with E-state index < -0.39 is 23.9 Å². The molecule has 0 fully saturated rings. The maximum absolute atomic E-state index is 13.1. The molecule has 314 valence electrons. The van der Waals surface area contributed by atoms with Crippen molar-refractivity contribution in [1.82, 2.24) is 49.9 Å². The van der Waals surface area contributed by atoms with Gasteiger partial charge >= 0.3 is 10.1 Å². The van der Waals surface area contributed by atoms with Crippen LogP contribution in [0.4, 0.5) is 0 Å². The van der Waals surface area contributed by atoms with E-state index in [1.807, 2.05) is 48.5 Å². The van der Waals surface area contributed by atoms with Crippen LogP contribution in [0.25, 0.3) is 34.1 Å². The zero-order valence-electron chi connectivity index (χ0n) is 35.3. The molecule has 0 aliphatic heterocycles. The van der Waals surface area contributed by atoms with Crippen LogP contribution in [0.3, 0.4) is 0 Å². The summed E-state index contributed by atoms with van der Waals surface area (Å²) in [4.78, 5) is 12.3. The van der Waals surface area contributed by atoms with Crippen LogP contribution in [-0.2, 0) is 38.6 Å². The first-order valence-electron chi connectivity index (χ1n) is 18.8. The first kappa shape index (κ1) is 43.0. The molecule has 0 radical (unpaired) electrons. The van der Waals surface area contributed by atoms with Crippen LogP contribution in [0.15, 0.2) is 67.5 Å². The number of benzene rings is 1. The summed E-state index contributed by atoms with van der Waals surface area (Å²) in [6, 6.07) is 9.74. The predicted octanol–water partition coefficient (Wildman–Crippen LogP) is 6.54. The number of nitrogens with one attached hydrogen (secondary N) is 1. The van der Waals surface area contributed by atoms with Crippen molar-refractivity contribution in [2.45, 2.75) is 116 Å². The molecular weight excluding hydrogens is 797 g/mol. The van der Waals surface area contributed by atoms with Crippen molar-refractivity contribution in [3.63, 3.8) is 0 Å². The normalized spacial score (nSPS) is 12.9. The molecule has 2 N–H and O–H groups in total. The number of nitrogens with zero attached hydrogens (tertiary/aromatic N) is 9. The first-order valence-corrected chi connectivity index (χ1v) is 23.1. The van der Waals surface area contributed by atoms with Gasteiger partial charge in [0.2, 0.25) is 11.6 Å². The van der Waals surface area contributed by atoms with Crippen molar-refractivity contribution < 1.29 is 31.2 Å². The van der Waals surface area contributed by atoms with Crippen LogP contribution < -0.4 is 9.74 Å². The van der Waals surface area contributed by atoms with Crippen LogP contribution in [0.5, 0.6) is 5.88 Å². The molecule has 0 saturated heterocycles. The van der Waals surface area contributed by atoms with Gasteiger partial charge in [0, 0.05) is 17.7 Å². The number of H-pyrrole nitrogens is 1. The fourth-order valence-electron chi connectivity index (χ4n) is 5.91. The molecule has 0 amide bonds. The molecule has 18 nitrogen and oxygen atoms in total. The van der Waals surface area contributed by atoms with Gasteiger partial charge in [0.25, 0.3) is 11.4 Å². The maximum atomic E-state index is 13.1. The smallest absolute Gasteiger partial charge is 0.340 e. The fourth-order valence-corrected chi connectivity index (χ4v) is 7.73. The van der Waals surface area contributed by atoms with E-state index in [1.54, 1.807) is 24.3 Å². The molecule has 0 saturated carbocycles. The van der Waals surface area contributed by atoms with Crippen LogP contribution in [0, 0.1) is 6.92 Å². The molecule has 6 heterocycles. The van der Waals surface area contributed by atoms with Gasteiger partial charge in [-0.05, 0) is 48.0 Å². The van der Waals surface area contributed by atoms with E-state index in [9.17, 15) is 13.2 Å². The Labute approximate surface area is 342 Å². The molecule has 0 spiro atoms. The number of rotatable bonds is 9. The summed E-state index contributed by atoms with van der Waals surface area (Å²) >= 11 is 0. The highest BCUT2D eigenvalue weighted by molar-refractivity contribution is 7.87. The Morgan fingerprint density at radius 3 is 1.95 bits per heavy atom. The number of aromatic amines is 1. The number of aryl methyl sites for hydroxylation is 1. The highest BCUT2D eigenvalue weighted by Crippen LogP contribution is 2.39. The second kappa shape index (κ2) is 15.6. The van der Waals surface area contributed by atoms with Gasteiger partial charge in [0.15, 0.2) is 31.2 Å². The van der Waals surface area contributed by atoms with E-state index in [2.05, 4.69) is 74.8 Å². The second-order valence-corrected chi connectivity index (χ2v) is 24.1. The van der Waals surface area contributed by atoms with Gasteiger partial charge in [0.05, 0.1) is 35.6 Å². The molecule has 0 aliphatic rings. The minimum absolute atomic E-state index is 0.0411.